The monoisotopic (exact) mass is 190 g/mol. The summed E-state index contributed by atoms with van der Waals surface area (Å²) >= 11 is 0. The number of carbonyl (C=O) groups excluding carboxylic acids is 1. The molecule has 1 amide bonds. The van der Waals surface area contributed by atoms with Crippen molar-refractivity contribution in [2.45, 2.75) is 6.92 Å². The van der Waals surface area contributed by atoms with Crippen molar-refractivity contribution in [1.29, 1.82) is 0 Å². The lowest BCUT2D eigenvalue weighted by Crippen LogP contribution is -2.35. The zero-order chi connectivity index (χ0) is 10.1. The van der Waals surface area contributed by atoms with E-state index in [9.17, 15) is 9.59 Å². The van der Waals surface area contributed by atoms with Crippen molar-refractivity contribution < 1.29 is 19.4 Å². The molecule has 3 N–H and O–H groups in total. The van der Waals surface area contributed by atoms with Gasteiger partial charge < -0.3 is 20.5 Å². The lowest BCUT2D eigenvalue weighted by Gasteiger charge is -2.04. The van der Waals surface area contributed by atoms with Gasteiger partial charge >= 0.3 is 5.97 Å². The average Bonchev–Trinajstić information content (AvgIpc) is 2.08. The molecule has 0 aliphatic heterocycles. The van der Waals surface area contributed by atoms with Gasteiger partial charge in [0.1, 0.15) is 13.3 Å². The van der Waals surface area contributed by atoms with Gasteiger partial charge in [-0.05, 0) is 6.54 Å². The molecule has 76 valence electrons. The number of amides is 1. The van der Waals surface area contributed by atoms with Crippen molar-refractivity contribution in [1.82, 2.24) is 10.6 Å². The summed E-state index contributed by atoms with van der Waals surface area (Å²) in [6, 6.07) is 0. The standard InChI is InChI=1S/C7H14N2O4/c1-2-8-3-6(10)9-5-13-4-7(11)12/h8H,2-5H2,1H3,(H,9,10)(H,11,12). The molecule has 0 unspecified atom stereocenters. The molecule has 0 radical (unpaired) electrons. The lowest BCUT2D eigenvalue weighted by atomic mass is 10.5. The molecule has 6 heteroatoms. The van der Waals surface area contributed by atoms with E-state index in [1.807, 2.05) is 6.92 Å². The molecule has 0 saturated carbocycles. The van der Waals surface area contributed by atoms with Gasteiger partial charge in [-0.3, -0.25) is 4.79 Å². The summed E-state index contributed by atoms with van der Waals surface area (Å²) in [5, 5.41) is 13.4. The Kier molecular flexibility index (Phi) is 6.85. The second-order valence-electron chi connectivity index (χ2n) is 2.27. The number of likely N-dealkylation sites (N-methyl/N-ethyl adjacent to an activating group) is 1. The van der Waals surface area contributed by atoms with Crippen LogP contribution in [0.2, 0.25) is 0 Å². The number of carboxylic acids is 1. The first kappa shape index (κ1) is 11.9. The van der Waals surface area contributed by atoms with Crippen molar-refractivity contribution in [3.05, 3.63) is 0 Å². The number of ether oxygens (including phenoxy) is 1. The maximum Gasteiger partial charge on any atom is 0.329 e. The van der Waals surface area contributed by atoms with Gasteiger partial charge in [0.2, 0.25) is 5.91 Å². The largest absolute Gasteiger partial charge is 0.480 e. The maximum atomic E-state index is 10.8. The van der Waals surface area contributed by atoms with E-state index in [2.05, 4.69) is 15.4 Å². The number of hydrogen-bond donors (Lipinski definition) is 3. The van der Waals surface area contributed by atoms with Gasteiger partial charge in [-0.2, -0.15) is 0 Å². The number of rotatable bonds is 7. The van der Waals surface area contributed by atoms with Crippen molar-refractivity contribution in [3.63, 3.8) is 0 Å². The zero-order valence-corrected chi connectivity index (χ0v) is 7.50. The van der Waals surface area contributed by atoms with Gasteiger partial charge in [-0.25, -0.2) is 4.79 Å². The first-order valence-electron chi connectivity index (χ1n) is 3.93. The zero-order valence-electron chi connectivity index (χ0n) is 7.50. The first-order valence-corrected chi connectivity index (χ1v) is 3.93. The van der Waals surface area contributed by atoms with E-state index in [1.165, 1.54) is 0 Å². The van der Waals surface area contributed by atoms with Crippen molar-refractivity contribution in [2.75, 3.05) is 26.4 Å². The van der Waals surface area contributed by atoms with Gasteiger partial charge in [0.15, 0.2) is 0 Å². The fourth-order valence-corrected chi connectivity index (χ4v) is 0.571. The van der Waals surface area contributed by atoms with Crippen molar-refractivity contribution in [3.8, 4) is 0 Å². The van der Waals surface area contributed by atoms with Crippen LogP contribution in [0.1, 0.15) is 6.92 Å². The third-order valence-electron chi connectivity index (χ3n) is 1.13. The summed E-state index contributed by atoms with van der Waals surface area (Å²) in [5.41, 5.74) is 0. The highest BCUT2D eigenvalue weighted by atomic mass is 16.5. The predicted molar refractivity (Wildman–Crippen MR) is 45.1 cm³/mol. The van der Waals surface area contributed by atoms with Crippen LogP contribution in [0, 0.1) is 0 Å². The van der Waals surface area contributed by atoms with E-state index < -0.39 is 12.6 Å². The van der Waals surface area contributed by atoms with E-state index >= 15 is 0 Å². The normalized spacial score (nSPS) is 9.62. The van der Waals surface area contributed by atoms with Crippen LogP contribution in [0.4, 0.5) is 0 Å². The molecule has 0 heterocycles. The second-order valence-corrected chi connectivity index (χ2v) is 2.27. The fourth-order valence-electron chi connectivity index (χ4n) is 0.571. The highest BCUT2D eigenvalue weighted by Crippen LogP contribution is 1.71. The van der Waals surface area contributed by atoms with E-state index in [0.29, 0.717) is 6.54 Å². The molecular formula is C7H14N2O4. The van der Waals surface area contributed by atoms with Crippen LogP contribution >= 0.6 is 0 Å². The summed E-state index contributed by atoms with van der Waals surface area (Å²) in [6.07, 6.45) is 0. The van der Waals surface area contributed by atoms with Gasteiger partial charge in [-0.1, -0.05) is 6.92 Å². The molecular weight excluding hydrogens is 176 g/mol. The number of carbonyl (C=O) groups is 2. The van der Waals surface area contributed by atoms with E-state index in [4.69, 9.17) is 5.11 Å². The molecule has 0 saturated heterocycles. The fraction of sp³-hybridized carbons (Fsp3) is 0.714. The molecule has 13 heavy (non-hydrogen) atoms. The molecule has 0 aromatic rings. The molecule has 0 aromatic carbocycles. The average molecular weight is 190 g/mol. The highest BCUT2D eigenvalue weighted by Gasteiger charge is 1.99. The quantitative estimate of drug-likeness (QED) is 0.345. The van der Waals surface area contributed by atoms with Crippen LogP contribution < -0.4 is 10.6 Å². The van der Waals surface area contributed by atoms with E-state index in [1.54, 1.807) is 0 Å². The smallest absolute Gasteiger partial charge is 0.329 e. The Morgan fingerprint density at radius 2 is 2.15 bits per heavy atom. The number of carboxylic acid groups (broad SMARTS) is 1. The van der Waals surface area contributed by atoms with E-state index in [0.717, 1.165) is 0 Å². The summed E-state index contributed by atoms with van der Waals surface area (Å²) in [6.45, 7) is 2.34. The van der Waals surface area contributed by atoms with Crippen molar-refractivity contribution >= 4 is 11.9 Å². The number of aliphatic carboxylic acids is 1. The first-order chi connectivity index (χ1) is 6.16. The van der Waals surface area contributed by atoms with Crippen LogP contribution in [0.5, 0.6) is 0 Å². The third-order valence-corrected chi connectivity index (χ3v) is 1.13. The third kappa shape index (κ3) is 8.77. The maximum absolute atomic E-state index is 10.8. The molecule has 0 rings (SSSR count). The molecule has 6 nitrogen and oxygen atoms in total. The number of nitrogens with one attached hydrogen (secondary N) is 2. The SMILES string of the molecule is CCNCC(=O)NCOCC(=O)O. The molecule has 0 aromatic heterocycles. The Bertz CT molecular complexity index is 172. The predicted octanol–water partition coefficient (Wildman–Crippen LogP) is -1.23. The minimum Gasteiger partial charge on any atom is -0.480 e. The van der Waals surface area contributed by atoms with Crippen LogP contribution in [-0.4, -0.2) is 43.4 Å². The molecule has 0 bridgehead atoms. The highest BCUT2D eigenvalue weighted by molar-refractivity contribution is 5.77. The molecule has 0 atom stereocenters. The molecule has 0 aliphatic carbocycles. The van der Waals surface area contributed by atoms with Gasteiger partial charge in [0.25, 0.3) is 0 Å². The summed E-state index contributed by atoms with van der Waals surface area (Å²) in [5.74, 6) is -1.27. The summed E-state index contributed by atoms with van der Waals surface area (Å²) < 4.78 is 4.59. The molecule has 0 spiro atoms. The second kappa shape index (κ2) is 7.51. The lowest BCUT2D eigenvalue weighted by molar-refractivity contribution is -0.143. The number of hydrogen-bond acceptors (Lipinski definition) is 4. The molecule has 0 fully saturated rings. The Morgan fingerprint density at radius 1 is 1.46 bits per heavy atom. The minimum absolute atomic E-state index is 0.0729. The summed E-state index contributed by atoms with van der Waals surface area (Å²) in [7, 11) is 0. The Labute approximate surface area is 76.3 Å². The van der Waals surface area contributed by atoms with Crippen molar-refractivity contribution in [2.24, 2.45) is 0 Å². The Morgan fingerprint density at radius 3 is 2.69 bits per heavy atom. The van der Waals surface area contributed by atoms with Crippen LogP contribution in [0.3, 0.4) is 0 Å². The summed E-state index contributed by atoms with van der Waals surface area (Å²) in [4.78, 5) is 20.8. The van der Waals surface area contributed by atoms with Gasteiger partial charge in [0.05, 0.1) is 6.54 Å². The Balaban J connectivity index is 3.22. The Hall–Kier alpha value is -1.14. The topological polar surface area (TPSA) is 87.7 Å². The van der Waals surface area contributed by atoms with Gasteiger partial charge in [0, 0.05) is 0 Å². The molecule has 0 aliphatic rings. The van der Waals surface area contributed by atoms with Crippen LogP contribution in [0.25, 0.3) is 0 Å². The van der Waals surface area contributed by atoms with Crippen LogP contribution in [-0.2, 0) is 14.3 Å². The van der Waals surface area contributed by atoms with Gasteiger partial charge in [-0.15, -0.1) is 0 Å². The van der Waals surface area contributed by atoms with E-state index in [-0.39, 0.29) is 19.2 Å². The minimum atomic E-state index is -1.05. The van der Waals surface area contributed by atoms with Crippen LogP contribution in [0.15, 0.2) is 0 Å².